The highest BCUT2D eigenvalue weighted by atomic mass is 16.5. The Bertz CT molecular complexity index is 1160. The first-order valence-electron chi connectivity index (χ1n) is 9.48. The van der Waals surface area contributed by atoms with E-state index in [9.17, 15) is 4.79 Å². The number of methoxy groups -OCH3 is 1. The molecule has 0 spiro atoms. The lowest BCUT2D eigenvalue weighted by molar-refractivity contribution is 0.100. The van der Waals surface area contributed by atoms with Gasteiger partial charge in [-0.25, -0.2) is 4.98 Å². The number of aromatic nitrogens is 4. The molecule has 6 N–H and O–H groups in total. The van der Waals surface area contributed by atoms with Crippen molar-refractivity contribution in [3.63, 3.8) is 0 Å². The van der Waals surface area contributed by atoms with Gasteiger partial charge in [0.2, 0.25) is 11.8 Å². The summed E-state index contributed by atoms with van der Waals surface area (Å²) in [7, 11) is 3.24. The molecule has 166 valence electrons. The van der Waals surface area contributed by atoms with Crippen LogP contribution in [0.4, 0.5) is 17.5 Å². The van der Waals surface area contributed by atoms with Crippen LogP contribution in [0, 0.1) is 12.3 Å². The molecule has 0 atom stereocenters. The monoisotopic (exact) mass is 437 g/mol. The first kappa shape index (κ1) is 22.2. The van der Waals surface area contributed by atoms with Crippen molar-refractivity contribution in [3.05, 3.63) is 47.6 Å². The van der Waals surface area contributed by atoms with Gasteiger partial charge in [0.25, 0.3) is 11.8 Å². The van der Waals surface area contributed by atoms with Gasteiger partial charge in [0.05, 0.1) is 18.4 Å². The van der Waals surface area contributed by atoms with Gasteiger partial charge in [0.1, 0.15) is 11.4 Å². The molecule has 12 nitrogen and oxygen atoms in total. The Balaban J connectivity index is 1.96. The third-order valence-corrected chi connectivity index (χ3v) is 4.25. The van der Waals surface area contributed by atoms with Crippen molar-refractivity contribution in [2.45, 2.75) is 6.92 Å². The van der Waals surface area contributed by atoms with Gasteiger partial charge in [-0.05, 0) is 12.1 Å². The van der Waals surface area contributed by atoms with Crippen LogP contribution in [0.5, 0.6) is 5.75 Å². The van der Waals surface area contributed by atoms with E-state index in [4.69, 9.17) is 20.3 Å². The van der Waals surface area contributed by atoms with E-state index in [-0.39, 0.29) is 17.3 Å². The topological polar surface area (TPSA) is 177 Å². The molecule has 0 fully saturated rings. The number of hydrogen-bond donors (Lipinski definition) is 5. The van der Waals surface area contributed by atoms with Gasteiger partial charge in [-0.3, -0.25) is 4.79 Å². The fourth-order valence-electron chi connectivity index (χ4n) is 2.81. The Morgan fingerprint density at radius 2 is 2.16 bits per heavy atom. The summed E-state index contributed by atoms with van der Waals surface area (Å²) >= 11 is 0. The molecule has 0 aliphatic rings. The van der Waals surface area contributed by atoms with Crippen molar-refractivity contribution < 1.29 is 13.9 Å². The van der Waals surface area contributed by atoms with Crippen molar-refractivity contribution in [1.82, 2.24) is 25.5 Å². The third-order valence-electron chi connectivity index (χ3n) is 4.25. The van der Waals surface area contributed by atoms with Crippen molar-refractivity contribution in [2.75, 3.05) is 31.3 Å². The summed E-state index contributed by atoms with van der Waals surface area (Å²) < 4.78 is 11.1. The van der Waals surface area contributed by atoms with Gasteiger partial charge in [-0.1, -0.05) is 6.07 Å². The number of ether oxygens (including phenoxy) is 1. The molecular formula is C20H23N9O3. The van der Waals surface area contributed by atoms with Crippen LogP contribution in [0.3, 0.4) is 0 Å². The number of amides is 1. The number of carbonyl (C=O) groups is 1. The van der Waals surface area contributed by atoms with Crippen LogP contribution in [0.2, 0.25) is 0 Å². The number of nitrogens with zero attached hydrogens (tertiary/aromatic N) is 4. The summed E-state index contributed by atoms with van der Waals surface area (Å²) in [6.45, 7) is 1.99. The minimum absolute atomic E-state index is 0.0923. The molecule has 12 heteroatoms. The maximum Gasteiger partial charge on any atom is 0.254 e. The van der Waals surface area contributed by atoms with E-state index in [0.29, 0.717) is 40.9 Å². The summed E-state index contributed by atoms with van der Waals surface area (Å²) in [6, 6.07) is 5.28. The third kappa shape index (κ3) is 4.98. The molecule has 0 saturated heterocycles. The van der Waals surface area contributed by atoms with Crippen LogP contribution in [0.25, 0.3) is 11.5 Å². The zero-order chi connectivity index (χ0) is 23.1. The summed E-state index contributed by atoms with van der Waals surface area (Å²) in [6.07, 6.45) is 4.20. The molecule has 2 aromatic heterocycles. The van der Waals surface area contributed by atoms with E-state index >= 15 is 0 Å². The number of hydrogen-bond acceptors (Lipinski definition) is 11. The molecule has 1 amide bonds. The van der Waals surface area contributed by atoms with Crippen LogP contribution in [0.1, 0.15) is 16.2 Å². The van der Waals surface area contributed by atoms with Gasteiger partial charge >= 0.3 is 0 Å². The van der Waals surface area contributed by atoms with Gasteiger partial charge < -0.3 is 36.2 Å². The number of nitrogens with two attached hydrogens (primary N) is 1. The first-order chi connectivity index (χ1) is 15.5. The minimum atomic E-state index is -0.697. The molecule has 3 aromatic rings. The molecule has 0 unspecified atom stereocenters. The number of benzene rings is 1. The second-order valence-electron chi connectivity index (χ2n) is 6.46. The molecule has 32 heavy (non-hydrogen) atoms. The average Bonchev–Trinajstić information content (AvgIpc) is 3.22. The molecule has 0 radical (unpaired) electrons. The van der Waals surface area contributed by atoms with E-state index in [1.54, 1.807) is 38.4 Å². The Hall–Kier alpha value is -4.48. The second kappa shape index (κ2) is 10.0. The second-order valence-corrected chi connectivity index (χ2v) is 6.46. The highest BCUT2D eigenvalue weighted by Gasteiger charge is 2.19. The number of rotatable bonds is 10. The molecule has 2 heterocycles. The standard InChI is InChI=1S/C20H23N9O3/c1-11-28-29-19(32-11)13-5-4-6-15(16(13)31-3)26-18-14(17(22)30)10-25-20(27-18)24-9-12(7-21)8-23-2/h4-8,10,21,23H,9H2,1-3H3,(H2,22,30)(H2,24,25,26,27)/b12-8+,21-7?. The van der Waals surface area contributed by atoms with Gasteiger partial charge in [-0.2, -0.15) is 4.98 Å². The lowest BCUT2D eigenvalue weighted by Gasteiger charge is -2.15. The zero-order valence-electron chi connectivity index (χ0n) is 17.8. The Morgan fingerprint density at radius 1 is 1.34 bits per heavy atom. The molecule has 0 bridgehead atoms. The number of nitrogens with one attached hydrogen (secondary N) is 4. The van der Waals surface area contributed by atoms with Gasteiger partial charge in [0, 0.05) is 44.7 Å². The van der Waals surface area contributed by atoms with Crippen LogP contribution in [-0.4, -0.2) is 53.0 Å². The number of aryl methyl sites for hydroxylation is 1. The van der Waals surface area contributed by atoms with E-state index < -0.39 is 5.91 Å². The van der Waals surface area contributed by atoms with Crippen molar-refractivity contribution in [2.24, 2.45) is 5.73 Å². The lowest BCUT2D eigenvalue weighted by atomic mass is 10.1. The highest BCUT2D eigenvalue weighted by molar-refractivity contribution is 5.98. The lowest BCUT2D eigenvalue weighted by Crippen LogP contribution is -2.17. The van der Waals surface area contributed by atoms with Crippen molar-refractivity contribution in [3.8, 4) is 17.2 Å². The van der Waals surface area contributed by atoms with Gasteiger partial charge in [-0.15, -0.1) is 10.2 Å². The molecule has 1 aromatic carbocycles. The SMILES string of the molecule is CN/C=C(\C=N)CNc1ncc(C(N)=O)c(Nc2cccc(-c3nnc(C)o3)c2OC)n1. The van der Waals surface area contributed by atoms with Crippen molar-refractivity contribution in [1.29, 1.82) is 5.41 Å². The van der Waals surface area contributed by atoms with E-state index in [1.807, 2.05) is 0 Å². The summed E-state index contributed by atoms with van der Waals surface area (Å²) in [4.78, 5) is 20.4. The molecular weight excluding hydrogens is 414 g/mol. The number of anilines is 3. The maximum absolute atomic E-state index is 11.9. The van der Waals surface area contributed by atoms with E-state index in [1.165, 1.54) is 19.5 Å². The molecule has 0 aliphatic carbocycles. The molecule has 3 rings (SSSR count). The summed E-state index contributed by atoms with van der Waals surface area (Å²) in [5, 5.41) is 24.2. The molecule has 0 aliphatic heterocycles. The predicted molar refractivity (Wildman–Crippen MR) is 119 cm³/mol. The maximum atomic E-state index is 11.9. The number of primary amides is 1. The minimum Gasteiger partial charge on any atom is -0.494 e. The van der Waals surface area contributed by atoms with Crippen molar-refractivity contribution >= 4 is 29.6 Å². The summed E-state index contributed by atoms with van der Waals surface area (Å²) in [5.41, 5.74) is 7.34. The Morgan fingerprint density at radius 3 is 2.78 bits per heavy atom. The quantitative estimate of drug-likeness (QED) is 0.294. The first-order valence-corrected chi connectivity index (χ1v) is 9.48. The van der Waals surface area contributed by atoms with Gasteiger partial charge in [0.15, 0.2) is 5.75 Å². The van der Waals surface area contributed by atoms with Crippen LogP contribution in [-0.2, 0) is 0 Å². The van der Waals surface area contributed by atoms with Crippen LogP contribution < -0.4 is 26.4 Å². The smallest absolute Gasteiger partial charge is 0.254 e. The van der Waals surface area contributed by atoms with E-state index in [0.717, 1.165) is 0 Å². The zero-order valence-corrected chi connectivity index (χ0v) is 17.8. The predicted octanol–water partition coefficient (Wildman–Crippen LogP) is 1.85. The normalized spacial score (nSPS) is 11.0. The average molecular weight is 437 g/mol. The molecule has 0 saturated carbocycles. The van der Waals surface area contributed by atoms with Crippen LogP contribution >= 0.6 is 0 Å². The Kier molecular flexibility index (Phi) is 6.95. The fraction of sp³-hybridized carbons (Fsp3) is 0.200. The number of carbonyl (C=O) groups excluding carboxylic acids is 1. The van der Waals surface area contributed by atoms with Crippen LogP contribution in [0.15, 0.2) is 40.6 Å². The summed E-state index contributed by atoms with van der Waals surface area (Å²) in [5.74, 6) is 0.850. The highest BCUT2D eigenvalue weighted by Crippen LogP contribution is 2.37. The fourth-order valence-corrected chi connectivity index (χ4v) is 2.81. The Labute approximate surface area is 183 Å². The van der Waals surface area contributed by atoms with E-state index in [2.05, 4.69) is 36.1 Å². The number of para-hydroxylation sites is 1. The largest absolute Gasteiger partial charge is 0.494 e.